The number of hydrogen-bond acceptors (Lipinski definition) is 5. The van der Waals surface area contributed by atoms with E-state index in [-0.39, 0.29) is 11.9 Å². The zero-order valence-corrected chi connectivity index (χ0v) is 12.0. The SMILES string of the molecule is CCNC(Cc1ccc(OC)cc1)c1ccc([N+](=O)[O-])o1. The van der Waals surface area contributed by atoms with Gasteiger partial charge in [-0.2, -0.15) is 0 Å². The summed E-state index contributed by atoms with van der Waals surface area (Å²) >= 11 is 0. The third kappa shape index (κ3) is 3.82. The van der Waals surface area contributed by atoms with Crippen LogP contribution in [0, 0.1) is 10.1 Å². The molecule has 1 aromatic carbocycles. The van der Waals surface area contributed by atoms with E-state index in [1.54, 1.807) is 13.2 Å². The predicted octanol–water partition coefficient (Wildman–Crippen LogP) is 3.09. The molecule has 0 fully saturated rings. The van der Waals surface area contributed by atoms with Crippen LogP contribution in [0.3, 0.4) is 0 Å². The molecule has 1 atom stereocenters. The summed E-state index contributed by atoms with van der Waals surface area (Å²) < 4.78 is 10.4. The van der Waals surface area contributed by atoms with Gasteiger partial charge in [0.05, 0.1) is 19.2 Å². The molecule has 1 N–H and O–H groups in total. The molecule has 1 aromatic heterocycles. The summed E-state index contributed by atoms with van der Waals surface area (Å²) in [5.41, 5.74) is 1.10. The monoisotopic (exact) mass is 290 g/mol. The van der Waals surface area contributed by atoms with Gasteiger partial charge in [0.25, 0.3) is 0 Å². The van der Waals surface area contributed by atoms with Gasteiger partial charge < -0.3 is 14.5 Å². The Bertz CT molecular complexity index is 592. The van der Waals surface area contributed by atoms with E-state index in [9.17, 15) is 10.1 Å². The van der Waals surface area contributed by atoms with E-state index < -0.39 is 4.92 Å². The molecular weight excluding hydrogens is 272 g/mol. The standard InChI is InChI=1S/C15H18N2O4/c1-3-16-13(14-8-9-15(21-14)17(18)19)10-11-4-6-12(20-2)7-5-11/h4-9,13,16H,3,10H2,1-2H3. The summed E-state index contributed by atoms with van der Waals surface area (Å²) in [6.45, 7) is 2.73. The van der Waals surface area contributed by atoms with Gasteiger partial charge in [0.2, 0.25) is 0 Å². The van der Waals surface area contributed by atoms with Crippen molar-refractivity contribution in [3.8, 4) is 5.75 Å². The van der Waals surface area contributed by atoms with Crippen LogP contribution in [-0.2, 0) is 6.42 Å². The topological polar surface area (TPSA) is 77.5 Å². The highest BCUT2D eigenvalue weighted by atomic mass is 16.6. The van der Waals surface area contributed by atoms with Crippen LogP contribution in [-0.4, -0.2) is 18.6 Å². The Balaban J connectivity index is 2.15. The van der Waals surface area contributed by atoms with Gasteiger partial charge in [-0.3, -0.25) is 10.1 Å². The molecule has 6 nitrogen and oxygen atoms in total. The molecule has 2 aromatic rings. The van der Waals surface area contributed by atoms with Crippen molar-refractivity contribution in [1.29, 1.82) is 0 Å². The van der Waals surface area contributed by atoms with Crippen molar-refractivity contribution in [2.75, 3.05) is 13.7 Å². The molecule has 1 unspecified atom stereocenters. The number of nitrogens with one attached hydrogen (secondary N) is 1. The maximum atomic E-state index is 10.7. The fourth-order valence-corrected chi connectivity index (χ4v) is 2.14. The summed E-state index contributed by atoms with van der Waals surface area (Å²) in [4.78, 5) is 10.2. The van der Waals surface area contributed by atoms with Gasteiger partial charge in [0.1, 0.15) is 16.4 Å². The molecule has 0 saturated carbocycles. The fraction of sp³-hybridized carbons (Fsp3) is 0.333. The Morgan fingerprint density at radius 3 is 2.52 bits per heavy atom. The van der Waals surface area contributed by atoms with Crippen molar-refractivity contribution < 1.29 is 14.1 Å². The smallest absolute Gasteiger partial charge is 0.433 e. The van der Waals surface area contributed by atoms with Gasteiger partial charge in [-0.05, 0) is 36.7 Å². The Morgan fingerprint density at radius 2 is 2.00 bits per heavy atom. The summed E-state index contributed by atoms with van der Waals surface area (Å²) in [6.07, 6.45) is 0.683. The third-order valence-electron chi connectivity index (χ3n) is 3.19. The lowest BCUT2D eigenvalue weighted by Crippen LogP contribution is -2.22. The zero-order valence-electron chi connectivity index (χ0n) is 12.0. The number of nitro groups is 1. The lowest BCUT2D eigenvalue weighted by atomic mass is 10.0. The molecule has 1 heterocycles. The van der Waals surface area contributed by atoms with Crippen LogP contribution in [0.15, 0.2) is 40.8 Å². The first kappa shape index (κ1) is 15.1. The van der Waals surface area contributed by atoms with E-state index in [0.29, 0.717) is 12.2 Å². The minimum absolute atomic E-state index is 0.0999. The second-order valence-corrected chi connectivity index (χ2v) is 4.60. The van der Waals surface area contributed by atoms with Gasteiger partial charge in [0.15, 0.2) is 0 Å². The van der Waals surface area contributed by atoms with Crippen molar-refractivity contribution in [3.63, 3.8) is 0 Å². The van der Waals surface area contributed by atoms with E-state index in [2.05, 4.69) is 5.32 Å². The van der Waals surface area contributed by atoms with E-state index in [0.717, 1.165) is 17.9 Å². The highest BCUT2D eigenvalue weighted by Crippen LogP contribution is 2.25. The first-order valence-corrected chi connectivity index (χ1v) is 6.74. The lowest BCUT2D eigenvalue weighted by Gasteiger charge is -2.15. The van der Waals surface area contributed by atoms with Crippen LogP contribution in [0.5, 0.6) is 5.75 Å². The second-order valence-electron chi connectivity index (χ2n) is 4.60. The molecule has 6 heteroatoms. The average Bonchev–Trinajstić information content (AvgIpc) is 2.97. The Kier molecular flexibility index (Phi) is 4.94. The van der Waals surface area contributed by atoms with Crippen LogP contribution in [0.1, 0.15) is 24.3 Å². The van der Waals surface area contributed by atoms with Crippen LogP contribution < -0.4 is 10.1 Å². The Morgan fingerprint density at radius 1 is 1.29 bits per heavy atom. The van der Waals surface area contributed by atoms with Gasteiger partial charge in [0, 0.05) is 0 Å². The molecule has 0 spiro atoms. The highest BCUT2D eigenvalue weighted by molar-refractivity contribution is 5.29. The number of rotatable bonds is 7. The largest absolute Gasteiger partial charge is 0.497 e. The van der Waals surface area contributed by atoms with Gasteiger partial charge in [-0.15, -0.1) is 0 Å². The summed E-state index contributed by atoms with van der Waals surface area (Å²) in [6, 6.07) is 10.7. The van der Waals surface area contributed by atoms with Crippen molar-refractivity contribution in [2.45, 2.75) is 19.4 Å². The van der Waals surface area contributed by atoms with Crippen LogP contribution >= 0.6 is 0 Å². The third-order valence-corrected chi connectivity index (χ3v) is 3.19. The van der Waals surface area contributed by atoms with Crippen molar-refractivity contribution >= 4 is 5.88 Å². The first-order chi connectivity index (χ1) is 10.1. The van der Waals surface area contributed by atoms with E-state index in [1.807, 2.05) is 31.2 Å². The summed E-state index contributed by atoms with van der Waals surface area (Å²) in [5.74, 6) is 1.13. The second kappa shape index (κ2) is 6.90. The highest BCUT2D eigenvalue weighted by Gasteiger charge is 2.19. The maximum Gasteiger partial charge on any atom is 0.433 e. The number of nitrogens with zero attached hydrogens (tertiary/aromatic N) is 1. The molecule has 0 aliphatic heterocycles. The van der Waals surface area contributed by atoms with Crippen LogP contribution in [0.2, 0.25) is 0 Å². The quantitative estimate of drug-likeness (QED) is 0.626. The lowest BCUT2D eigenvalue weighted by molar-refractivity contribution is -0.402. The number of ether oxygens (including phenoxy) is 1. The number of hydrogen-bond donors (Lipinski definition) is 1. The molecule has 0 radical (unpaired) electrons. The number of furan rings is 1. The number of likely N-dealkylation sites (N-methyl/N-ethyl adjacent to an activating group) is 1. The van der Waals surface area contributed by atoms with Gasteiger partial charge >= 0.3 is 5.88 Å². The molecule has 2 rings (SSSR count). The average molecular weight is 290 g/mol. The van der Waals surface area contributed by atoms with E-state index in [4.69, 9.17) is 9.15 Å². The Labute approximate surface area is 122 Å². The predicted molar refractivity (Wildman–Crippen MR) is 78.5 cm³/mol. The minimum Gasteiger partial charge on any atom is -0.497 e. The minimum atomic E-state index is -0.528. The summed E-state index contributed by atoms with van der Waals surface area (Å²) in [5, 5.41) is 14.0. The molecule has 0 aliphatic carbocycles. The molecular formula is C15H18N2O4. The van der Waals surface area contributed by atoms with Crippen molar-refractivity contribution in [2.24, 2.45) is 0 Å². The fourth-order valence-electron chi connectivity index (χ4n) is 2.14. The molecule has 0 bridgehead atoms. The molecule has 21 heavy (non-hydrogen) atoms. The van der Waals surface area contributed by atoms with Crippen LogP contribution in [0.4, 0.5) is 5.88 Å². The molecule has 0 saturated heterocycles. The normalized spacial score (nSPS) is 12.1. The van der Waals surface area contributed by atoms with Crippen molar-refractivity contribution in [3.05, 3.63) is 57.8 Å². The van der Waals surface area contributed by atoms with Crippen LogP contribution in [0.25, 0.3) is 0 Å². The molecule has 0 amide bonds. The van der Waals surface area contributed by atoms with E-state index >= 15 is 0 Å². The van der Waals surface area contributed by atoms with Gasteiger partial charge in [-0.1, -0.05) is 19.1 Å². The zero-order chi connectivity index (χ0) is 15.2. The maximum absolute atomic E-state index is 10.7. The Hall–Kier alpha value is -2.34. The van der Waals surface area contributed by atoms with Gasteiger partial charge in [-0.25, -0.2) is 0 Å². The van der Waals surface area contributed by atoms with E-state index in [1.165, 1.54) is 6.07 Å². The van der Waals surface area contributed by atoms with Crippen molar-refractivity contribution in [1.82, 2.24) is 5.32 Å². The summed E-state index contributed by atoms with van der Waals surface area (Å²) in [7, 11) is 1.62. The first-order valence-electron chi connectivity index (χ1n) is 6.74. The molecule has 0 aliphatic rings. The number of benzene rings is 1. The molecule has 112 valence electrons. The number of methoxy groups -OCH3 is 1.